The molecule has 0 spiro atoms. The molecule has 0 atom stereocenters. The van der Waals surface area contributed by atoms with Crippen LogP contribution >= 0.6 is 0 Å². The fourth-order valence-corrected chi connectivity index (χ4v) is 7.98. The summed E-state index contributed by atoms with van der Waals surface area (Å²) in [5.74, 6) is 8.03. The summed E-state index contributed by atoms with van der Waals surface area (Å²) in [6.07, 6.45) is 21.1. The van der Waals surface area contributed by atoms with E-state index in [-0.39, 0.29) is 11.9 Å². The van der Waals surface area contributed by atoms with Gasteiger partial charge in [-0.3, -0.25) is 52.7 Å². The predicted octanol–water partition coefficient (Wildman–Crippen LogP) is 6.11. The van der Waals surface area contributed by atoms with Crippen LogP contribution in [0, 0.1) is 67.2 Å². The molecule has 0 heterocycles. The first-order valence-electron chi connectivity index (χ1n) is 39.7. The number of hydrogen-bond donors (Lipinski definition) is 14. The Morgan fingerprint density at radius 2 is 0.679 bits per heavy atom. The van der Waals surface area contributed by atoms with Crippen LogP contribution in [0.2, 0.25) is 0 Å². The van der Waals surface area contributed by atoms with Crippen molar-refractivity contribution in [2.45, 2.75) is 185 Å². The van der Waals surface area contributed by atoms with E-state index < -0.39 is 0 Å². The van der Waals surface area contributed by atoms with Gasteiger partial charge in [-0.1, -0.05) is 38.5 Å². The SMILES string of the molecule is CCN(C)C(=N)C1CC1.CCN(C)C(=N)C1CC1.CCN(C)C(=N)N.CCN(C)C(=N)N(C)C.CCN(C)C(=N)N(C)C.CCN(C)C(=N)N(C)C.CCN(C)C(=NC1CCCCC1)NC#N.CCN(C)C(N)=NC.CCN(C)C(N)=NC#N.CCN(C)C(N)=NC1CCCCC1.CCN=C(N)N(C)C.CCNC(N)=NC. The van der Waals surface area contributed by atoms with Gasteiger partial charge in [0.25, 0.3) is 0 Å². The predicted molar refractivity (Wildman–Crippen MR) is 484 cm³/mol. The Kier molecular flexibility index (Phi) is 79.9. The van der Waals surface area contributed by atoms with E-state index in [4.69, 9.17) is 77.4 Å². The van der Waals surface area contributed by atoms with E-state index in [9.17, 15) is 0 Å². The molecular formula is C76H172N36. The molecule has 112 heavy (non-hydrogen) atoms. The monoisotopic (exact) mass is 1590 g/mol. The lowest BCUT2D eigenvalue weighted by Gasteiger charge is -2.23. The molecule has 0 bridgehead atoms. The molecule has 4 aliphatic carbocycles. The van der Waals surface area contributed by atoms with Gasteiger partial charge in [0.1, 0.15) is 0 Å². The zero-order valence-electron chi connectivity index (χ0n) is 77.0. The molecule has 0 radical (unpaired) electrons. The van der Waals surface area contributed by atoms with E-state index in [1.54, 1.807) is 63.8 Å². The zero-order chi connectivity index (χ0) is 88.8. The molecule has 20 N–H and O–H groups in total. The minimum atomic E-state index is 0.127. The third kappa shape index (κ3) is 68.6. The van der Waals surface area contributed by atoms with E-state index >= 15 is 0 Å². The third-order valence-electron chi connectivity index (χ3n) is 17.5. The number of hydrogen-bond acceptors (Lipinski definition) is 14. The van der Waals surface area contributed by atoms with Gasteiger partial charge in [0.05, 0.1) is 23.8 Å². The van der Waals surface area contributed by atoms with Crippen LogP contribution in [0.4, 0.5) is 0 Å². The lowest BCUT2D eigenvalue weighted by atomic mass is 9.96. The van der Waals surface area contributed by atoms with E-state index in [0.29, 0.717) is 71.6 Å². The second-order valence-corrected chi connectivity index (χ2v) is 27.3. The van der Waals surface area contributed by atoms with Crippen LogP contribution in [0.3, 0.4) is 0 Å². The Bertz CT molecular complexity index is 2520. The Balaban J connectivity index is -0.000000177. The quantitative estimate of drug-likeness (QED) is 0.0359. The van der Waals surface area contributed by atoms with Crippen LogP contribution in [-0.2, 0) is 0 Å². The number of amidine groups is 2. The van der Waals surface area contributed by atoms with Gasteiger partial charge in [-0.05, 0) is 134 Å². The molecule has 4 saturated carbocycles. The third-order valence-corrected chi connectivity index (χ3v) is 17.5. The summed E-state index contributed by atoms with van der Waals surface area (Å²) in [5, 5.41) is 66.2. The molecule has 0 amide bonds. The fourth-order valence-electron chi connectivity index (χ4n) is 7.98. The number of nitriles is 2. The largest absolute Gasteiger partial charge is 0.370 e. The maximum atomic E-state index is 8.64. The molecule has 4 aliphatic rings. The summed E-state index contributed by atoms with van der Waals surface area (Å²) in [6, 6.07) is 0.895. The second kappa shape index (κ2) is 75.6. The van der Waals surface area contributed by atoms with Gasteiger partial charge in [0.2, 0.25) is 18.1 Å². The summed E-state index contributed by atoms with van der Waals surface area (Å²) >= 11 is 0. The highest BCUT2D eigenvalue weighted by Gasteiger charge is 2.29. The normalized spacial score (nSPS) is 13.5. The molecule has 0 aromatic heterocycles. The van der Waals surface area contributed by atoms with Crippen LogP contribution in [0.25, 0.3) is 0 Å². The van der Waals surface area contributed by atoms with Gasteiger partial charge in [0.15, 0.2) is 53.9 Å². The van der Waals surface area contributed by atoms with Gasteiger partial charge in [0, 0.05) is 231 Å². The van der Waals surface area contributed by atoms with Crippen molar-refractivity contribution in [2.24, 2.45) is 76.2 Å². The number of nitrogens with one attached hydrogen (secondary N) is 8. The van der Waals surface area contributed by atoms with Gasteiger partial charge >= 0.3 is 0 Å². The number of aliphatic imine (C=N–C) groups is 6. The van der Waals surface area contributed by atoms with Crippen molar-refractivity contribution < 1.29 is 0 Å². The summed E-state index contributed by atoms with van der Waals surface area (Å²) in [7, 11) is 37.4. The molecule has 0 aliphatic heterocycles. The van der Waals surface area contributed by atoms with E-state index in [0.717, 1.165) is 103 Å². The number of guanidine groups is 10. The average Bonchev–Trinajstić information content (AvgIpc) is 1.73. The summed E-state index contributed by atoms with van der Waals surface area (Å²) < 4.78 is 0. The van der Waals surface area contributed by atoms with Crippen LogP contribution in [0.1, 0.15) is 173 Å². The molecule has 0 saturated heterocycles. The fraction of sp³-hybridized carbons (Fsp3) is 0.816. The zero-order valence-corrected chi connectivity index (χ0v) is 77.0. The van der Waals surface area contributed by atoms with E-state index in [1.807, 2.05) is 214 Å². The Labute approximate surface area is 683 Å². The molecular weight excluding hydrogens is 1420 g/mol. The summed E-state index contributed by atoms with van der Waals surface area (Å²) in [4.78, 5) is 49.8. The first-order chi connectivity index (χ1) is 52.4. The van der Waals surface area contributed by atoms with Gasteiger partial charge in [-0.25, -0.2) is 9.98 Å². The molecule has 0 aromatic rings. The summed E-state index contributed by atoms with van der Waals surface area (Å²) in [5.41, 5.74) is 32.2. The Morgan fingerprint density at radius 3 is 0.875 bits per heavy atom. The lowest BCUT2D eigenvalue weighted by Crippen LogP contribution is -2.37. The van der Waals surface area contributed by atoms with Gasteiger partial charge in [-0.2, -0.15) is 10.5 Å². The average molecular weight is 1590 g/mol. The first-order valence-corrected chi connectivity index (χ1v) is 39.7. The topological polar surface area (TPSA) is 490 Å². The maximum absolute atomic E-state index is 8.64. The molecule has 0 aromatic carbocycles. The van der Waals surface area contributed by atoms with Crippen LogP contribution in [-0.4, -0.2) is 371 Å². The van der Waals surface area contributed by atoms with Gasteiger partial charge in [-0.15, -0.1) is 4.99 Å². The molecule has 4 rings (SSSR count). The molecule has 36 heteroatoms. The molecule has 0 unspecified atom stereocenters. The molecule has 36 nitrogen and oxygen atoms in total. The van der Waals surface area contributed by atoms with Crippen molar-refractivity contribution in [1.82, 2.24) is 79.2 Å². The number of rotatable bonds is 16. The number of nitrogens with zero attached hydrogens (tertiary/aromatic N) is 22. The van der Waals surface area contributed by atoms with Crippen LogP contribution in [0.15, 0.2) is 30.0 Å². The highest BCUT2D eigenvalue weighted by atomic mass is 15.3. The highest BCUT2D eigenvalue weighted by molar-refractivity contribution is 5.84. The van der Waals surface area contributed by atoms with Crippen LogP contribution < -0.4 is 45.0 Å². The van der Waals surface area contributed by atoms with Crippen molar-refractivity contribution in [1.29, 1.82) is 43.0 Å². The Morgan fingerprint density at radius 1 is 0.366 bits per heavy atom. The molecule has 656 valence electrons. The first kappa shape index (κ1) is 118. The van der Waals surface area contributed by atoms with E-state index in [1.165, 1.54) is 77.0 Å². The van der Waals surface area contributed by atoms with Crippen molar-refractivity contribution in [3.05, 3.63) is 0 Å². The number of nitrogens with two attached hydrogens (primary N) is 6. The lowest BCUT2D eigenvalue weighted by molar-refractivity contribution is 0.431. The summed E-state index contributed by atoms with van der Waals surface area (Å²) in [6.45, 7) is 34.6. The highest BCUT2D eigenvalue weighted by Crippen LogP contribution is 2.31. The van der Waals surface area contributed by atoms with Gasteiger partial charge < -0.3 is 108 Å². The van der Waals surface area contributed by atoms with Crippen molar-refractivity contribution in [3.8, 4) is 12.4 Å². The maximum Gasteiger partial charge on any atom is 0.209 e. The standard InChI is InChI=1S/C11H20N4.C10H21N3.2C7H14N2.3C6H15N3.C5H10N4.2C5H13N3.2C4H11N3/c1-3-15(2)11(13-9-12)14-10-7-5-4-6-8-10;1-3-13(2)10(11)12-9-7-5-4-6-8-9;2*1-3-9(2)7(8)6-4-5-6;3*1-5-9(4)6(7)8(2)3;1-3-9(2)5(7)8-4-6;1-4-7-5(6)8(2)3;1-4-8(3)5(6)7-2;1-3-7(2)4(5)6;1-3-7-4(5)6-2/h10H,3-8H2,1-2H3,(H,13,14);9H,3-8H2,1-2H3,(H2,11,12);2*6,8H,3-5H2,1-2H3;3*7H,5H2,1-4H3;3H2,1-2H3,(H2,7,8);2*4H2,1-3H3,(H2,6,7);3H2,1-2H3,(H3,5,6);3H2,1-2H3,(H3,5,6,7). The van der Waals surface area contributed by atoms with Crippen molar-refractivity contribution in [3.63, 3.8) is 0 Å². The second-order valence-electron chi connectivity index (χ2n) is 27.3. The van der Waals surface area contributed by atoms with Crippen LogP contribution in [0.5, 0.6) is 0 Å². The smallest absolute Gasteiger partial charge is 0.209 e. The van der Waals surface area contributed by atoms with Crippen molar-refractivity contribution >= 4 is 71.3 Å². The molecule has 4 fully saturated rings. The van der Waals surface area contributed by atoms with Crippen molar-refractivity contribution in [2.75, 3.05) is 219 Å². The minimum absolute atomic E-state index is 0.127. The minimum Gasteiger partial charge on any atom is -0.370 e. The Hall–Kier alpha value is -9.38. The van der Waals surface area contributed by atoms with E-state index in [2.05, 4.69) is 68.3 Å².